The maximum atomic E-state index is 11.7. The van der Waals surface area contributed by atoms with Crippen molar-refractivity contribution < 1.29 is 14.7 Å². The number of amides is 1. The van der Waals surface area contributed by atoms with E-state index in [1.165, 1.54) is 11.8 Å². The Balaban J connectivity index is 3.98. The van der Waals surface area contributed by atoms with Crippen LogP contribution in [0.15, 0.2) is 12.2 Å². The fourth-order valence-electron chi connectivity index (χ4n) is 1.14. The molecule has 0 aromatic rings. The summed E-state index contributed by atoms with van der Waals surface area (Å²) in [5, 5.41) is 8.58. The van der Waals surface area contributed by atoms with Gasteiger partial charge in [0.05, 0.1) is 5.75 Å². The summed E-state index contributed by atoms with van der Waals surface area (Å²) >= 11 is 1.24. The summed E-state index contributed by atoms with van der Waals surface area (Å²) in [5.41, 5.74) is 6.26. The molecule has 0 aromatic carbocycles. The zero-order valence-electron chi connectivity index (χ0n) is 10.3. The van der Waals surface area contributed by atoms with Crippen molar-refractivity contribution in [3.8, 4) is 0 Å². The summed E-state index contributed by atoms with van der Waals surface area (Å²) < 4.78 is 0. The average Bonchev–Trinajstić information content (AvgIpc) is 2.24. The zero-order valence-corrected chi connectivity index (χ0v) is 11.1. The zero-order chi connectivity index (χ0) is 13.4. The number of hydrogen-bond donors (Lipinski definition) is 2. The Kier molecular flexibility index (Phi) is 7.65. The van der Waals surface area contributed by atoms with E-state index >= 15 is 0 Å². The highest BCUT2D eigenvalue weighted by Crippen LogP contribution is 2.06. The number of nitrogens with two attached hydrogens (primary N) is 1. The molecule has 0 spiro atoms. The smallest absolute Gasteiger partial charge is 0.321 e. The molecule has 0 aromatic heterocycles. The Hall–Kier alpha value is -1.01. The molecule has 0 aliphatic carbocycles. The number of carbonyl (C=O) groups is 2. The van der Waals surface area contributed by atoms with Gasteiger partial charge in [0.25, 0.3) is 0 Å². The first-order chi connectivity index (χ1) is 7.88. The fraction of sp³-hybridized carbons (Fsp3) is 0.636. The van der Waals surface area contributed by atoms with E-state index in [-0.39, 0.29) is 17.4 Å². The molecule has 5 nitrogen and oxygen atoms in total. The molecule has 1 unspecified atom stereocenters. The van der Waals surface area contributed by atoms with Gasteiger partial charge in [-0.05, 0) is 13.8 Å². The summed E-state index contributed by atoms with van der Waals surface area (Å²) in [6.45, 7) is 8.69. The van der Waals surface area contributed by atoms with Crippen molar-refractivity contribution in [1.82, 2.24) is 4.90 Å². The third kappa shape index (κ3) is 7.01. The molecule has 1 amide bonds. The molecular weight excluding hydrogens is 240 g/mol. The van der Waals surface area contributed by atoms with E-state index in [1.807, 2.05) is 13.8 Å². The molecule has 0 saturated carbocycles. The second-order valence-corrected chi connectivity index (χ2v) is 4.86. The number of nitrogens with zero attached hydrogens (tertiary/aromatic N) is 1. The minimum atomic E-state index is -1.04. The normalized spacial score (nSPS) is 11.9. The number of aliphatic carboxylic acids is 1. The van der Waals surface area contributed by atoms with Crippen LogP contribution in [0.25, 0.3) is 0 Å². The largest absolute Gasteiger partial charge is 0.480 e. The molecule has 0 radical (unpaired) electrons. The van der Waals surface area contributed by atoms with Crippen molar-refractivity contribution >= 4 is 23.6 Å². The number of carboxylic acid groups (broad SMARTS) is 1. The summed E-state index contributed by atoms with van der Waals surface area (Å²) in [5.74, 6) is -0.564. The summed E-state index contributed by atoms with van der Waals surface area (Å²) in [6, 6.07) is -0.913. The molecule has 0 heterocycles. The van der Waals surface area contributed by atoms with Crippen molar-refractivity contribution in [3.05, 3.63) is 12.2 Å². The highest BCUT2D eigenvalue weighted by molar-refractivity contribution is 8.00. The minimum Gasteiger partial charge on any atom is -0.480 e. The van der Waals surface area contributed by atoms with Gasteiger partial charge in [0.2, 0.25) is 5.91 Å². The monoisotopic (exact) mass is 260 g/mol. The van der Waals surface area contributed by atoms with E-state index in [4.69, 9.17) is 10.8 Å². The second kappa shape index (κ2) is 8.14. The van der Waals surface area contributed by atoms with Crippen molar-refractivity contribution in [2.45, 2.75) is 19.9 Å². The topological polar surface area (TPSA) is 83.6 Å². The molecule has 0 aliphatic rings. The number of carbonyl (C=O) groups excluding carboxylic acids is 1. The van der Waals surface area contributed by atoms with E-state index in [9.17, 15) is 9.59 Å². The van der Waals surface area contributed by atoms with Crippen molar-refractivity contribution in [2.24, 2.45) is 5.73 Å². The SMILES string of the molecule is C=C(C)CN(CC)C(=O)CSCC(N)C(=O)O. The predicted molar refractivity (Wildman–Crippen MR) is 70.0 cm³/mol. The van der Waals surface area contributed by atoms with E-state index in [0.29, 0.717) is 13.1 Å². The Morgan fingerprint density at radius 3 is 2.53 bits per heavy atom. The lowest BCUT2D eigenvalue weighted by Crippen LogP contribution is -2.35. The van der Waals surface area contributed by atoms with Crippen LogP contribution in [0, 0.1) is 0 Å². The Morgan fingerprint density at radius 1 is 1.53 bits per heavy atom. The molecular formula is C11H20N2O3S. The molecule has 98 valence electrons. The van der Waals surface area contributed by atoms with E-state index in [2.05, 4.69) is 6.58 Å². The summed E-state index contributed by atoms with van der Waals surface area (Å²) in [7, 11) is 0. The Bertz CT molecular complexity index is 294. The van der Waals surface area contributed by atoms with Crippen molar-refractivity contribution in [2.75, 3.05) is 24.6 Å². The maximum absolute atomic E-state index is 11.7. The molecule has 17 heavy (non-hydrogen) atoms. The highest BCUT2D eigenvalue weighted by atomic mass is 32.2. The Labute approximate surface area is 106 Å². The van der Waals surface area contributed by atoms with Gasteiger partial charge in [-0.15, -0.1) is 11.8 Å². The van der Waals surface area contributed by atoms with E-state index < -0.39 is 12.0 Å². The van der Waals surface area contributed by atoms with Crippen LogP contribution < -0.4 is 5.73 Å². The van der Waals surface area contributed by atoms with Gasteiger partial charge in [0.15, 0.2) is 0 Å². The first kappa shape index (κ1) is 16.0. The van der Waals surface area contributed by atoms with Crippen LogP contribution in [0.3, 0.4) is 0 Å². The third-order valence-corrected chi connectivity index (χ3v) is 3.08. The van der Waals surface area contributed by atoms with Crippen LogP contribution in [-0.2, 0) is 9.59 Å². The van der Waals surface area contributed by atoms with E-state index in [0.717, 1.165) is 5.57 Å². The Morgan fingerprint density at radius 2 is 2.12 bits per heavy atom. The van der Waals surface area contributed by atoms with Gasteiger partial charge in [-0.3, -0.25) is 9.59 Å². The molecule has 0 saturated heterocycles. The third-order valence-electron chi connectivity index (χ3n) is 2.04. The van der Waals surface area contributed by atoms with Gasteiger partial charge in [-0.25, -0.2) is 0 Å². The van der Waals surface area contributed by atoms with Gasteiger partial charge in [-0.1, -0.05) is 12.2 Å². The van der Waals surface area contributed by atoms with Gasteiger partial charge in [-0.2, -0.15) is 0 Å². The first-order valence-electron chi connectivity index (χ1n) is 5.36. The molecule has 1 atom stereocenters. The predicted octanol–water partition coefficient (Wildman–Crippen LogP) is 0.556. The number of thioether (sulfide) groups is 1. The molecule has 3 N–H and O–H groups in total. The van der Waals surface area contributed by atoms with E-state index in [1.54, 1.807) is 4.90 Å². The number of hydrogen-bond acceptors (Lipinski definition) is 4. The lowest BCUT2D eigenvalue weighted by atomic mass is 10.3. The molecule has 6 heteroatoms. The second-order valence-electron chi connectivity index (χ2n) is 3.82. The van der Waals surface area contributed by atoms with Gasteiger partial charge >= 0.3 is 5.97 Å². The number of rotatable bonds is 8. The van der Waals surface area contributed by atoms with Gasteiger partial charge < -0.3 is 15.7 Å². The summed E-state index contributed by atoms with van der Waals surface area (Å²) in [4.78, 5) is 23.9. The van der Waals surface area contributed by atoms with Crippen molar-refractivity contribution in [1.29, 1.82) is 0 Å². The minimum absolute atomic E-state index is 0.0157. The van der Waals surface area contributed by atoms with Crippen LogP contribution >= 0.6 is 11.8 Å². The number of likely N-dealkylation sites (N-methyl/N-ethyl adjacent to an activating group) is 1. The maximum Gasteiger partial charge on any atom is 0.321 e. The van der Waals surface area contributed by atoms with Crippen LogP contribution in [0.4, 0.5) is 0 Å². The standard InChI is InChI=1S/C11H20N2O3S/c1-4-13(5-8(2)3)10(14)7-17-6-9(12)11(15)16/h9H,2,4-7,12H2,1,3H3,(H,15,16). The molecule has 0 rings (SSSR count). The fourth-order valence-corrected chi connectivity index (χ4v) is 2.01. The van der Waals surface area contributed by atoms with Gasteiger partial charge in [0.1, 0.15) is 6.04 Å². The molecule has 0 aliphatic heterocycles. The lowest BCUT2D eigenvalue weighted by molar-refractivity contribution is -0.138. The number of carboxylic acids is 1. The quantitative estimate of drug-likeness (QED) is 0.623. The van der Waals surface area contributed by atoms with Crippen molar-refractivity contribution in [3.63, 3.8) is 0 Å². The molecule has 0 fully saturated rings. The van der Waals surface area contributed by atoms with Crippen LogP contribution in [0.1, 0.15) is 13.8 Å². The molecule has 0 bridgehead atoms. The average molecular weight is 260 g/mol. The van der Waals surface area contributed by atoms with Crippen LogP contribution in [0.5, 0.6) is 0 Å². The van der Waals surface area contributed by atoms with Gasteiger partial charge in [0, 0.05) is 18.8 Å². The van der Waals surface area contributed by atoms with Crippen LogP contribution in [0.2, 0.25) is 0 Å². The first-order valence-corrected chi connectivity index (χ1v) is 6.52. The van der Waals surface area contributed by atoms with Crippen LogP contribution in [-0.4, -0.2) is 52.5 Å². The lowest BCUT2D eigenvalue weighted by Gasteiger charge is -2.20. The summed E-state index contributed by atoms with van der Waals surface area (Å²) in [6.07, 6.45) is 0. The highest BCUT2D eigenvalue weighted by Gasteiger charge is 2.15.